The summed E-state index contributed by atoms with van der Waals surface area (Å²) in [5.41, 5.74) is 3.38. The molecule has 0 spiro atoms. The topological polar surface area (TPSA) is 12.0 Å². The van der Waals surface area contributed by atoms with Crippen LogP contribution in [0, 0.1) is 11.7 Å². The van der Waals surface area contributed by atoms with Crippen LogP contribution in [0.25, 0.3) is 0 Å². The Labute approximate surface area is 120 Å². The highest BCUT2D eigenvalue weighted by Crippen LogP contribution is 2.20. The minimum absolute atomic E-state index is 0.157. The number of halogens is 1. The van der Waals surface area contributed by atoms with Crippen molar-refractivity contribution in [1.82, 2.24) is 0 Å². The van der Waals surface area contributed by atoms with E-state index in [0.29, 0.717) is 5.92 Å². The van der Waals surface area contributed by atoms with Crippen molar-refractivity contribution in [3.63, 3.8) is 0 Å². The molecule has 1 nitrogen and oxygen atoms in total. The lowest BCUT2D eigenvalue weighted by atomic mass is 10.00. The number of hydrogen-bond acceptors (Lipinski definition) is 1. The highest BCUT2D eigenvalue weighted by Gasteiger charge is 2.06. The number of benzene rings is 2. The molecule has 0 bridgehead atoms. The van der Waals surface area contributed by atoms with E-state index < -0.39 is 0 Å². The van der Waals surface area contributed by atoms with Crippen LogP contribution in [0.5, 0.6) is 0 Å². The molecular weight excluding hydrogens is 249 g/mol. The van der Waals surface area contributed by atoms with Gasteiger partial charge in [0.05, 0.1) is 0 Å². The summed E-state index contributed by atoms with van der Waals surface area (Å²) in [5, 5.41) is 3.32. The van der Waals surface area contributed by atoms with Crippen molar-refractivity contribution < 1.29 is 4.39 Å². The van der Waals surface area contributed by atoms with Gasteiger partial charge in [-0.15, -0.1) is 0 Å². The maximum Gasteiger partial charge on any atom is 0.125 e. The van der Waals surface area contributed by atoms with Gasteiger partial charge in [-0.25, -0.2) is 4.39 Å². The smallest absolute Gasteiger partial charge is 0.125 e. The average molecular weight is 271 g/mol. The third-order valence-electron chi connectivity index (χ3n) is 3.33. The highest BCUT2D eigenvalue weighted by atomic mass is 19.1. The van der Waals surface area contributed by atoms with Crippen molar-refractivity contribution in [2.75, 3.05) is 5.32 Å². The normalized spacial score (nSPS) is 12.4. The van der Waals surface area contributed by atoms with Gasteiger partial charge >= 0.3 is 0 Å². The first-order valence-corrected chi connectivity index (χ1v) is 7.15. The van der Waals surface area contributed by atoms with E-state index in [0.717, 1.165) is 12.1 Å². The molecule has 2 aromatic carbocycles. The van der Waals surface area contributed by atoms with Crippen molar-refractivity contribution in [2.24, 2.45) is 5.92 Å². The van der Waals surface area contributed by atoms with Gasteiger partial charge in [0.25, 0.3) is 0 Å². The van der Waals surface area contributed by atoms with Gasteiger partial charge in [-0.05, 0) is 48.6 Å². The SMILES string of the molecule is CC(C)Cc1ccc(C(C)Nc2cccc(F)c2)cc1. The first kappa shape index (κ1) is 14.6. The van der Waals surface area contributed by atoms with Crippen molar-refractivity contribution >= 4 is 5.69 Å². The molecule has 0 amide bonds. The second-order valence-corrected chi connectivity index (χ2v) is 5.72. The minimum Gasteiger partial charge on any atom is -0.378 e. The monoisotopic (exact) mass is 271 g/mol. The summed E-state index contributed by atoms with van der Waals surface area (Å²) in [5.74, 6) is 0.457. The zero-order valence-electron chi connectivity index (χ0n) is 12.4. The predicted molar refractivity (Wildman–Crippen MR) is 83.4 cm³/mol. The highest BCUT2D eigenvalue weighted by molar-refractivity contribution is 5.45. The lowest BCUT2D eigenvalue weighted by Gasteiger charge is -2.16. The molecule has 20 heavy (non-hydrogen) atoms. The van der Waals surface area contributed by atoms with Gasteiger partial charge in [0, 0.05) is 11.7 Å². The molecular formula is C18H22FN. The Morgan fingerprint density at radius 3 is 2.30 bits per heavy atom. The van der Waals surface area contributed by atoms with Crippen LogP contribution in [0.2, 0.25) is 0 Å². The van der Waals surface area contributed by atoms with Crippen LogP contribution in [-0.2, 0) is 6.42 Å². The summed E-state index contributed by atoms with van der Waals surface area (Å²) in [6.07, 6.45) is 1.10. The number of hydrogen-bond donors (Lipinski definition) is 1. The van der Waals surface area contributed by atoms with Crippen molar-refractivity contribution in [1.29, 1.82) is 0 Å². The number of anilines is 1. The first-order chi connectivity index (χ1) is 9.54. The maximum atomic E-state index is 13.2. The fourth-order valence-corrected chi connectivity index (χ4v) is 2.33. The third-order valence-corrected chi connectivity index (χ3v) is 3.33. The fourth-order valence-electron chi connectivity index (χ4n) is 2.33. The molecule has 0 aromatic heterocycles. The summed E-state index contributed by atoms with van der Waals surface area (Å²) < 4.78 is 13.2. The second-order valence-electron chi connectivity index (χ2n) is 5.72. The Kier molecular flexibility index (Phi) is 4.78. The maximum absolute atomic E-state index is 13.2. The Hall–Kier alpha value is -1.83. The van der Waals surface area contributed by atoms with E-state index in [1.54, 1.807) is 6.07 Å². The van der Waals surface area contributed by atoms with Gasteiger partial charge in [-0.3, -0.25) is 0 Å². The van der Waals surface area contributed by atoms with Gasteiger partial charge in [0.1, 0.15) is 5.82 Å². The molecule has 0 heterocycles. The molecule has 2 aromatic rings. The summed E-state index contributed by atoms with van der Waals surface area (Å²) in [6.45, 7) is 6.53. The third kappa shape index (κ3) is 4.09. The van der Waals surface area contributed by atoms with E-state index in [1.165, 1.54) is 23.3 Å². The molecule has 2 heteroatoms. The molecule has 0 aliphatic rings. The predicted octanol–water partition coefficient (Wildman–Crippen LogP) is 5.20. The van der Waals surface area contributed by atoms with Gasteiger partial charge in [0.2, 0.25) is 0 Å². The van der Waals surface area contributed by atoms with E-state index in [-0.39, 0.29) is 11.9 Å². The van der Waals surface area contributed by atoms with Crippen LogP contribution in [0.4, 0.5) is 10.1 Å². The average Bonchev–Trinajstić information content (AvgIpc) is 2.38. The summed E-state index contributed by atoms with van der Waals surface area (Å²) in [6, 6.07) is 15.4. The Morgan fingerprint density at radius 1 is 1.00 bits per heavy atom. The van der Waals surface area contributed by atoms with Crippen LogP contribution in [-0.4, -0.2) is 0 Å². The zero-order chi connectivity index (χ0) is 14.5. The molecule has 106 valence electrons. The van der Waals surface area contributed by atoms with Gasteiger partial charge in [-0.1, -0.05) is 44.2 Å². The molecule has 0 fully saturated rings. The van der Waals surface area contributed by atoms with Crippen molar-refractivity contribution in [3.05, 3.63) is 65.5 Å². The quantitative estimate of drug-likeness (QED) is 0.788. The molecule has 0 saturated heterocycles. The zero-order valence-corrected chi connectivity index (χ0v) is 12.4. The second kappa shape index (κ2) is 6.56. The van der Waals surface area contributed by atoms with Crippen molar-refractivity contribution in [2.45, 2.75) is 33.2 Å². The first-order valence-electron chi connectivity index (χ1n) is 7.15. The summed E-state index contributed by atoms with van der Waals surface area (Å²) >= 11 is 0. The molecule has 1 unspecified atom stereocenters. The largest absolute Gasteiger partial charge is 0.378 e. The van der Waals surface area contributed by atoms with Gasteiger partial charge in [-0.2, -0.15) is 0 Å². The molecule has 0 saturated carbocycles. The molecule has 2 rings (SSSR count). The minimum atomic E-state index is -0.213. The van der Waals surface area contributed by atoms with E-state index in [4.69, 9.17) is 0 Å². The van der Waals surface area contributed by atoms with E-state index in [1.807, 2.05) is 6.07 Å². The van der Waals surface area contributed by atoms with Crippen LogP contribution in [0.3, 0.4) is 0 Å². The molecule has 1 N–H and O–H groups in total. The summed E-state index contributed by atoms with van der Waals surface area (Å²) in [7, 11) is 0. The molecule has 1 atom stereocenters. The summed E-state index contributed by atoms with van der Waals surface area (Å²) in [4.78, 5) is 0. The van der Waals surface area contributed by atoms with E-state index in [2.05, 4.69) is 50.4 Å². The molecule has 0 radical (unpaired) electrons. The van der Waals surface area contributed by atoms with E-state index in [9.17, 15) is 4.39 Å². The Balaban J connectivity index is 2.03. The van der Waals surface area contributed by atoms with Crippen LogP contribution in [0.15, 0.2) is 48.5 Å². The number of rotatable bonds is 5. The van der Waals surface area contributed by atoms with Crippen molar-refractivity contribution in [3.8, 4) is 0 Å². The van der Waals surface area contributed by atoms with Crippen LogP contribution in [0.1, 0.15) is 37.9 Å². The standard InChI is InChI=1S/C18H22FN/c1-13(2)11-15-7-9-16(10-8-15)14(3)20-18-6-4-5-17(19)12-18/h4-10,12-14,20H,11H2,1-3H3. The molecule has 0 aliphatic heterocycles. The Morgan fingerprint density at radius 2 is 1.70 bits per heavy atom. The van der Waals surface area contributed by atoms with Crippen LogP contribution >= 0.6 is 0 Å². The van der Waals surface area contributed by atoms with Gasteiger partial charge < -0.3 is 5.32 Å². The van der Waals surface area contributed by atoms with Gasteiger partial charge in [0.15, 0.2) is 0 Å². The number of nitrogens with one attached hydrogen (secondary N) is 1. The van der Waals surface area contributed by atoms with Crippen LogP contribution < -0.4 is 5.32 Å². The fraction of sp³-hybridized carbons (Fsp3) is 0.333. The lowest BCUT2D eigenvalue weighted by molar-refractivity contribution is 0.628. The van der Waals surface area contributed by atoms with E-state index >= 15 is 0 Å². The Bertz CT molecular complexity index is 546. The lowest BCUT2D eigenvalue weighted by Crippen LogP contribution is -2.07. The molecule has 0 aliphatic carbocycles.